The second kappa shape index (κ2) is 3.46. The van der Waals surface area contributed by atoms with Gasteiger partial charge >= 0.3 is 0 Å². The van der Waals surface area contributed by atoms with Gasteiger partial charge in [0.1, 0.15) is 0 Å². The second-order valence-electron chi connectivity index (χ2n) is 2.19. The van der Waals surface area contributed by atoms with Crippen molar-refractivity contribution >= 4 is 21.6 Å². The summed E-state index contributed by atoms with van der Waals surface area (Å²) in [5, 5.41) is 8.58. The predicted molar refractivity (Wildman–Crippen MR) is 49.8 cm³/mol. The molecular weight excluding hydrogens is 220 g/mol. The van der Waals surface area contributed by atoms with Crippen LogP contribution in [0.4, 0.5) is 5.69 Å². The topological polar surface area (TPSA) is 59.0 Å². The van der Waals surface area contributed by atoms with Gasteiger partial charge in [-0.1, -0.05) is 0 Å². The minimum Gasteiger partial charge on any atom is -0.493 e. The summed E-state index contributed by atoms with van der Waals surface area (Å²) in [6.45, 7) is 0. The molecule has 0 atom stereocenters. The first-order chi connectivity index (χ1) is 5.69. The Bertz CT molecular complexity index is 320. The van der Waals surface area contributed by atoms with Gasteiger partial charge in [-0.05, 0) is 28.1 Å². The van der Waals surface area contributed by atoms with Gasteiger partial charge in [0.15, 0.2) is 5.75 Å². The third-order valence-electron chi connectivity index (χ3n) is 1.41. The van der Waals surface area contributed by atoms with E-state index >= 15 is 0 Å². The molecule has 0 aliphatic rings. The molecule has 0 bridgehead atoms. The Morgan fingerprint density at radius 2 is 2.25 bits per heavy atom. The number of anilines is 1. The molecule has 0 fully saturated rings. The Hall–Kier alpha value is -1.21. The van der Waals surface area contributed by atoms with Gasteiger partial charge in [0.2, 0.25) is 0 Å². The number of nitrogen functional groups attached to an aromatic ring is 1. The number of benzene rings is 1. The van der Waals surface area contributed by atoms with Crippen LogP contribution in [0, 0.1) is 11.3 Å². The van der Waals surface area contributed by atoms with E-state index in [9.17, 15) is 0 Å². The summed E-state index contributed by atoms with van der Waals surface area (Å²) in [4.78, 5) is 0. The molecule has 0 aliphatic carbocycles. The summed E-state index contributed by atoms with van der Waals surface area (Å²) in [6.07, 6.45) is 0. The Morgan fingerprint density at radius 3 is 2.67 bits per heavy atom. The van der Waals surface area contributed by atoms with Crippen LogP contribution >= 0.6 is 15.9 Å². The normalized spacial score (nSPS) is 9.08. The van der Waals surface area contributed by atoms with E-state index in [2.05, 4.69) is 15.9 Å². The molecule has 1 aromatic carbocycles. The molecule has 4 heteroatoms. The average molecular weight is 227 g/mol. The Balaban J connectivity index is 3.30. The van der Waals surface area contributed by atoms with Crippen LogP contribution in [0.3, 0.4) is 0 Å². The zero-order chi connectivity index (χ0) is 9.14. The molecule has 0 heterocycles. The molecule has 0 radical (unpaired) electrons. The van der Waals surface area contributed by atoms with Gasteiger partial charge in [-0.15, -0.1) is 0 Å². The van der Waals surface area contributed by atoms with Crippen molar-refractivity contribution in [2.75, 3.05) is 12.8 Å². The molecule has 62 valence electrons. The first-order valence-corrected chi connectivity index (χ1v) is 4.01. The minimum absolute atomic E-state index is 0.462. The molecule has 2 N–H and O–H groups in total. The first-order valence-electron chi connectivity index (χ1n) is 3.22. The zero-order valence-corrected chi connectivity index (χ0v) is 8.05. The van der Waals surface area contributed by atoms with Gasteiger partial charge in [-0.2, -0.15) is 5.26 Å². The molecule has 0 aliphatic heterocycles. The van der Waals surface area contributed by atoms with Crippen LogP contribution in [0.25, 0.3) is 0 Å². The number of nitrogens with zero attached hydrogens (tertiary/aromatic N) is 1. The van der Waals surface area contributed by atoms with Crippen molar-refractivity contribution in [2.45, 2.75) is 0 Å². The Labute approximate surface area is 78.9 Å². The van der Waals surface area contributed by atoms with Crippen LogP contribution < -0.4 is 10.5 Å². The molecule has 0 unspecified atom stereocenters. The molecule has 0 amide bonds. The van der Waals surface area contributed by atoms with Crippen molar-refractivity contribution in [1.29, 1.82) is 5.26 Å². The van der Waals surface area contributed by atoms with Crippen LogP contribution in [0.15, 0.2) is 16.6 Å². The van der Waals surface area contributed by atoms with Gasteiger partial charge in [0.05, 0.1) is 28.9 Å². The maximum atomic E-state index is 8.58. The highest BCUT2D eigenvalue weighted by atomic mass is 79.9. The van der Waals surface area contributed by atoms with E-state index in [0.29, 0.717) is 21.5 Å². The molecule has 0 aromatic heterocycles. The lowest BCUT2D eigenvalue weighted by Crippen LogP contribution is -1.94. The van der Waals surface area contributed by atoms with Gasteiger partial charge in [-0.25, -0.2) is 0 Å². The van der Waals surface area contributed by atoms with E-state index in [1.807, 2.05) is 6.07 Å². The average Bonchev–Trinajstić information content (AvgIpc) is 2.03. The van der Waals surface area contributed by atoms with Gasteiger partial charge in [-0.3, -0.25) is 0 Å². The van der Waals surface area contributed by atoms with E-state index < -0.39 is 0 Å². The summed E-state index contributed by atoms with van der Waals surface area (Å²) in [7, 11) is 1.53. The molecule has 0 spiro atoms. The van der Waals surface area contributed by atoms with E-state index in [1.165, 1.54) is 7.11 Å². The van der Waals surface area contributed by atoms with Crippen molar-refractivity contribution < 1.29 is 4.74 Å². The number of hydrogen-bond acceptors (Lipinski definition) is 3. The Morgan fingerprint density at radius 1 is 1.58 bits per heavy atom. The number of halogens is 1. The van der Waals surface area contributed by atoms with Crippen molar-refractivity contribution in [3.05, 3.63) is 22.2 Å². The first kappa shape index (κ1) is 8.88. The zero-order valence-electron chi connectivity index (χ0n) is 6.47. The lowest BCUT2D eigenvalue weighted by Gasteiger charge is -2.06. The smallest absolute Gasteiger partial charge is 0.155 e. The third kappa shape index (κ3) is 1.51. The standard InChI is InChI=1S/C8H7BrN2O/c1-12-8-6(9)2-5(4-10)3-7(8)11/h2-3H,11H2,1H3. The maximum absolute atomic E-state index is 8.58. The van der Waals surface area contributed by atoms with Gasteiger partial charge in [0, 0.05) is 0 Å². The van der Waals surface area contributed by atoms with Crippen LogP contribution in [0.1, 0.15) is 5.56 Å². The van der Waals surface area contributed by atoms with Crippen molar-refractivity contribution in [1.82, 2.24) is 0 Å². The number of ether oxygens (including phenoxy) is 1. The van der Waals surface area contributed by atoms with E-state index in [-0.39, 0.29) is 0 Å². The highest BCUT2D eigenvalue weighted by Crippen LogP contribution is 2.31. The summed E-state index contributed by atoms with van der Waals surface area (Å²) in [6, 6.07) is 5.23. The monoisotopic (exact) mass is 226 g/mol. The highest BCUT2D eigenvalue weighted by Gasteiger charge is 2.05. The number of hydrogen-bond donors (Lipinski definition) is 1. The maximum Gasteiger partial charge on any atom is 0.155 e. The molecule has 12 heavy (non-hydrogen) atoms. The van der Waals surface area contributed by atoms with Gasteiger partial charge < -0.3 is 10.5 Å². The molecule has 0 saturated carbocycles. The highest BCUT2D eigenvalue weighted by molar-refractivity contribution is 9.10. The SMILES string of the molecule is COc1c(N)cc(C#N)cc1Br. The number of nitriles is 1. The molecule has 3 nitrogen and oxygen atoms in total. The number of nitrogens with two attached hydrogens (primary N) is 1. The number of rotatable bonds is 1. The fourth-order valence-electron chi connectivity index (χ4n) is 0.895. The minimum atomic E-state index is 0.462. The van der Waals surface area contributed by atoms with Crippen LogP contribution in [-0.4, -0.2) is 7.11 Å². The molecule has 1 rings (SSSR count). The molecule has 0 saturated heterocycles. The van der Waals surface area contributed by atoms with Crippen LogP contribution in [0.2, 0.25) is 0 Å². The lowest BCUT2D eigenvalue weighted by molar-refractivity contribution is 0.414. The largest absolute Gasteiger partial charge is 0.493 e. The summed E-state index contributed by atoms with van der Waals surface area (Å²) in [5.41, 5.74) is 6.58. The second-order valence-corrected chi connectivity index (χ2v) is 3.05. The van der Waals surface area contributed by atoms with Crippen LogP contribution in [-0.2, 0) is 0 Å². The summed E-state index contributed by atoms with van der Waals surface area (Å²) >= 11 is 3.24. The molecule has 1 aromatic rings. The number of methoxy groups -OCH3 is 1. The molecular formula is C8H7BrN2O. The van der Waals surface area contributed by atoms with E-state index in [4.69, 9.17) is 15.7 Å². The predicted octanol–water partition coefficient (Wildman–Crippen LogP) is 1.91. The lowest BCUT2D eigenvalue weighted by atomic mass is 10.2. The fourth-order valence-corrected chi connectivity index (χ4v) is 1.53. The third-order valence-corrected chi connectivity index (χ3v) is 1.99. The summed E-state index contributed by atoms with van der Waals surface area (Å²) < 4.78 is 5.69. The van der Waals surface area contributed by atoms with Gasteiger partial charge in [0.25, 0.3) is 0 Å². The fraction of sp³-hybridized carbons (Fsp3) is 0.125. The Kier molecular flexibility index (Phi) is 2.56. The van der Waals surface area contributed by atoms with E-state index in [1.54, 1.807) is 12.1 Å². The van der Waals surface area contributed by atoms with Crippen LogP contribution in [0.5, 0.6) is 5.75 Å². The summed E-state index contributed by atoms with van der Waals surface area (Å²) in [5.74, 6) is 0.564. The van der Waals surface area contributed by atoms with Crippen molar-refractivity contribution in [3.8, 4) is 11.8 Å². The van der Waals surface area contributed by atoms with Crippen molar-refractivity contribution in [3.63, 3.8) is 0 Å². The van der Waals surface area contributed by atoms with E-state index in [0.717, 1.165) is 0 Å². The quantitative estimate of drug-likeness (QED) is 0.745. The van der Waals surface area contributed by atoms with Crippen molar-refractivity contribution in [2.24, 2.45) is 0 Å².